The maximum Gasteiger partial charge on any atom is 2.00 e. The normalized spacial score (nSPS) is 14.5. The van der Waals surface area contributed by atoms with Gasteiger partial charge in [-0.25, -0.2) is 4.98 Å². The van der Waals surface area contributed by atoms with Crippen LogP contribution in [0.2, 0.25) is 0 Å². The Morgan fingerprint density at radius 2 is 1.43 bits per heavy atom. The van der Waals surface area contributed by atoms with Crippen molar-refractivity contribution in [2.24, 2.45) is 7.05 Å². The van der Waals surface area contributed by atoms with E-state index in [0.29, 0.717) is 11.5 Å². The van der Waals surface area contributed by atoms with Gasteiger partial charge in [0, 0.05) is 46.8 Å². The third-order valence-electron chi connectivity index (χ3n) is 10.7. The van der Waals surface area contributed by atoms with Gasteiger partial charge in [0.1, 0.15) is 5.65 Å². The SMILES string of the molecule is Cn1c(-c2[c-]c(Oc3[c-]c(-n4c5ccc6c(c5c5cccnc54)C(C)(C)c4ccccc4C6c4ccccc4)ccc3)ccc2)nc2ccccc21.[Pd+2]. The molecule has 1 aliphatic rings. The summed E-state index contributed by atoms with van der Waals surface area (Å²) in [5.41, 5.74) is 12.2. The fraction of sp³-hybridized carbons (Fsp3) is 0.106. The topological polar surface area (TPSA) is 44.9 Å². The molecular weight excluding hydrogens is 743 g/mol. The van der Waals surface area contributed by atoms with Crippen LogP contribution in [-0.4, -0.2) is 19.1 Å². The van der Waals surface area contributed by atoms with Gasteiger partial charge in [0.2, 0.25) is 0 Å². The monoisotopic (exact) mass is 776 g/mol. The molecule has 1 unspecified atom stereocenters. The molecule has 1 aliphatic carbocycles. The molecule has 0 saturated carbocycles. The van der Waals surface area contributed by atoms with Gasteiger partial charge in [-0.05, 0) is 58.1 Å². The van der Waals surface area contributed by atoms with Crippen LogP contribution in [0, 0.1) is 12.1 Å². The van der Waals surface area contributed by atoms with E-state index in [2.05, 4.69) is 120 Å². The smallest absolute Gasteiger partial charge is 0.503 e. The van der Waals surface area contributed by atoms with E-state index in [9.17, 15) is 0 Å². The molecule has 0 saturated heterocycles. The van der Waals surface area contributed by atoms with E-state index >= 15 is 0 Å². The molecule has 1 atom stereocenters. The molecule has 6 aromatic carbocycles. The molecule has 53 heavy (non-hydrogen) atoms. The summed E-state index contributed by atoms with van der Waals surface area (Å²) in [6.07, 6.45) is 1.87. The fourth-order valence-electron chi connectivity index (χ4n) is 8.50. The number of fused-ring (bicyclic) bond motifs is 7. The van der Waals surface area contributed by atoms with Crippen LogP contribution in [0.3, 0.4) is 0 Å². The van der Waals surface area contributed by atoms with Gasteiger partial charge in [0.15, 0.2) is 0 Å². The zero-order valence-corrected chi connectivity index (χ0v) is 31.0. The number of imidazole rings is 1. The predicted octanol–water partition coefficient (Wildman–Crippen LogP) is 10.9. The number of pyridine rings is 1. The van der Waals surface area contributed by atoms with Crippen LogP contribution in [0.25, 0.3) is 50.0 Å². The average molecular weight is 777 g/mol. The fourth-order valence-corrected chi connectivity index (χ4v) is 8.50. The molecule has 3 heterocycles. The summed E-state index contributed by atoms with van der Waals surface area (Å²) in [6.45, 7) is 4.73. The van der Waals surface area contributed by atoms with E-state index in [1.54, 1.807) is 0 Å². The van der Waals surface area contributed by atoms with Crippen LogP contribution < -0.4 is 4.74 Å². The number of benzene rings is 6. The number of hydrogen-bond acceptors (Lipinski definition) is 3. The van der Waals surface area contributed by atoms with E-state index in [1.807, 2.05) is 67.8 Å². The summed E-state index contributed by atoms with van der Waals surface area (Å²) in [7, 11) is 2.03. The van der Waals surface area contributed by atoms with Crippen LogP contribution in [0.1, 0.15) is 47.6 Å². The van der Waals surface area contributed by atoms with Crippen molar-refractivity contribution in [2.45, 2.75) is 25.2 Å². The second-order valence-electron chi connectivity index (χ2n) is 14.1. The van der Waals surface area contributed by atoms with Crippen LogP contribution in [0.5, 0.6) is 11.5 Å². The van der Waals surface area contributed by atoms with Crippen LogP contribution in [0.4, 0.5) is 0 Å². The molecule has 0 fully saturated rings. The second-order valence-corrected chi connectivity index (χ2v) is 14.1. The Kier molecular flexibility index (Phi) is 7.93. The van der Waals surface area contributed by atoms with Crippen molar-refractivity contribution >= 4 is 33.0 Å². The number of aromatic nitrogens is 4. The van der Waals surface area contributed by atoms with Crippen LogP contribution >= 0.6 is 0 Å². The number of aryl methyl sites for hydroxylation is 1. The summed E-state index contributed by atoms with van der Waals surface area (Å²) < 4.78 is 10.8. The third-order valence-corrected chi connectivity index (χ3v) is 10.7. The van der Waals surface area contributed by atoms with Crippen molar-refractivity contribution in [3.63, 3.8) is 0 Å². The largest absolute Gasteiger partial charge is 2.00 e. The molecule has 0 N–H and O–H groups in total. The molecule has 0 aliphatic heterocycles. The average Bonchev–Trinajstić information content (AvgIpc) is 3.70. The Morgan fingerprint density at radius 1 is 0.679 bits per heavy atom. The number of rotatable bonds is 5. The first-order valence-corrected chi connectivity index (χ1v) is 17.7. The summed E-state index contributed by atoms with van der Waals surface area (Å²) >= 11 is 0. The van der Waals surface area contributed by atoms with Crippen molar-refractivity contribution < 1.29 is 25.2 Å². The maximum absolute atomic E-state index is 6.46. The van der Waals surface area contributed by atoms with Gasteiger partial charge >= 0.3 is 20.4 Å². The van der Waals surface area contributed by atoms with E-state index < -0.39 is 0 Å². The number of nitrogens with zero attached hydrogens (tertiary/aromatic N) is 4. The first kappa shape index (κ1) is 33.1. The van der Waals surface area contributed by atoms with Gasteiger partial charge in [-0.15, -0.1) is 42.0 Å². The number of para-hydroxylation sites is 2. The molecular formula is C47H34N4OPd. The number of ether oxygens (including phenoxy) is 1. The van der Waals surface area contributed by atoms with Crippen molar-refractivity contribution in [1.82, 2.24) is 19.1 Å². The molecule has 0 amide bonds. The quantitative estimate of drug-likeness (QED) is 0.129. The van der Waals surface area contributed by atoms with Crippen molar-refractivity contribution in [3.05, 3.63) is 186 Å². The van der Waals surface area contributed by atoms with Crippen LogP contribution in [-0.2, 0) is 32.9 Å². The van der Waals surface area contributed by atoms with Crippen molar-refractivity contribution in [1.29, 1.82) is 0 Å². The Morgan fingerprint density at radius 3 is 2.28 bits per heavy atom. The van der Waals surface area contributed by atoms with Gasteiger partial charge in [-0.3, -0.25) is 4.98 Å². The Hall–Kier alpha value is -5.80. The van der Waals surface area contributed by atoms with Crippen LogP contribution in [0.15, 0.2) is 146 Å². The Bertz CT molecular complexity index is 2830. The van der Waals surface area contributed by atoms with Gasteiger partial charge in [0.05, 0.1) is 22.4 Å². The van der Waals surface area contributed by atoms with Gasteiger partial charge < -0.3 is 13.9 Å². The van der Waals surface area contributed by atoms with E-state index in [-0.39, 0.29) is 31.8 Å². The van der Waals surface area contributed by atoms with E-state index in [1.165, 1.54) is 33.2 Å². The molecule has 258 valence electrons. The van der Waals surface area contributed by atoms with E-state index in [0.717, 1.165) is 44.7 Å². The first-order valence-electron chi connectivity index (χ1n) is 17.7. The third kappa shape index (κ3) is 5.17. The van der Waals surface area contributed by atoms with Gasteiger partial charge in [-0.2, -0.15) is 6.07 Å². The van der Waals surface area contributed by atoms with Gasteiger partial charge in [0.25, 0.3) is 0 Å². The standard InChI is InChI=1S/C47H34N4O.Pd/c1-47(2)38-22-8-7-20-35(38)42(30-14-5-4-6-15-30)36-25-26-41-43(44(36)47)37-21-13-27-48-46(37)51(41)32-17-12-19-34(29-32)52-33-18-11-16-31(28-33)45-49-39-23-9-10-24-40(39)50(45)3;/h4-27,42H,1-3H3;/q-2;+2. The molecule has 0 spiro atoms. The van der Waals surface area contributed by atoms with E-state index in [4.69, 9.17) is 14.7 Å². The summed E-state index contributed by atoms with van der Waals surface area (Å²) in [6, 6.07) is 55.8. The van der Waals surface area contributed by atoms with Crippen molar-refractivity contribution in [3.8, 4) is 28.6 Å². The second kappa shape index (κ2) is 12.7. The first-order chi connectivity index (χ1) is 25.5. The Balaban J connectivity index is 0.00000372. The summed E-state index contributed by atoms with van der Waals surface area (Å²) in [4.78, 5) is 9.85. The minimum atomic E-state index is -0.250. The molecule has 0 radical (unpaired) electrons. The zero-order valence-electron chi connectivity index (χ0n) is 29.4. The minimum absolute atomic E-state index is 0. The molecule has 5 nitrogen and oxygen atoms in total. The molecule has 9 aromatic rings. The summed E-state index contributed by atoms with van der Waals surface area (Å²) in [5, 5.41) is 2.35. The molecule has 6 heteroatoms. The number of hydrogen-bond donors (Lipinski definition) is 0. The van der Waals surface area contributed by atoms with Crippen molar-refractivity contribution in [2.75, 3.05) is 0 Å². The maximum atomic E-state index is 6.46. The molecule has 0 bridgehead atoms. The Labute approximate surface area is 322 Å². The van der Waals surface area contributed by atoms with Gasteiger partial charge in [-0.1, -0.05) is 98.4 Å². The minimum Gasteiger partial charge on any atom is -0.503 e. The molecule has 3 aromatic heterocycles. The predicted molar refractivity (Wildman–Crippen MR) is 208 cm³/mol. The zero-order chi connectivity index (χ0) is 35.0. The molecule has 10 rings (SSSR count). The summed E-state index contributed by atoms with van der Waals surface area (Å²) in [5.74, 6) is 2.15.